The minimum absolute atomic E-state index is 0.0379. The Kier molecular flexibility index (Phi) is 4.31. The van der Waals surface area contributed by atoms with Crippen molar-refractivity contribution >= 4 is 6.09 Å². The molecule has 4 nitrogen and oxygen atoms in total. The van der Waals surface area contributed by atoms with Gasteiger partial charge in [0.15, 0.2) is 0 Å². The monoisotopic (exact) mass is 257 g/mol. The highest BCUT2D eigenvalue weighted by molar-refractivity contribution is 5.68. The maximum atomic E-state index is 12.0. The van der Waals surface area contributed by atoms with Gasteiger partial charge < -0.3 is 14.7 Å². The predicted molar refractivity (Wildman–Crippen MR) is 71.4 cm³/mol. The lowest BCUT2D eigenvalue weighted by atomic mass is 9.75. The topological polar surface area (TPSA) is 49.8 Å². The first-order valence-corrected chi connectivity index (χ1v) is 6.73. The van der Waals surface area contributed by atoms with Crippen LogP contribution in [0.25, 0.3) is 0 Å². The smallest absolute Gasteiger partial charge is 0.410 e. The van der Waals surface area contributed by atoms with E-state index in [9.17, 15) is 9.90 Å². The summed E-state index contributed by atoms with van der Waals surface area (Å²) in [6.45, 7) is 12.9. The van der Waals surface area contributed by atoms with Crippen LogP contribution in [0, 0.1) is 11.3 Å². The van der Waals surface area contributed by atoms with Crippen LogP contribution in [-0.2, 0) is 4.74 Å². The third-order valence-electron chi connectivity index (χ3n) is 3.86. The van der Waals surface area contributed by atoms with Gasteiger partial charge in [-0.25, -0.2) is 4.79 Å². The van der Waals surface area contributed by atoms with E-state index in [1.54, 1.807) is 4.90 Å². The second kappa shape index (κ2) is 5.08. The predicted octanol–water partition coefficient (Wildman–Crippen LogP) is 2.65. The Morgan fingerprint density at radius 1 is 1.28 bits per heavy atom. The van der Waals surface area contributed by atoms with Gasteiger partial charge in [0.2, 0.25) is 0 Å². The van der Waals surface area contributed by atoms with Crippen molar-refractivity contribution in [1.82, 2.24) is 4.90 Å². The lowest BCUT2D eigenvalue weighted by Gasteiger charge is -2.32. The summed E-state index contributed by atoms with van der Waals surface area (Å²) in [6.07, 6.45) is 0.208. The van der Waals surface area contributed by atoms with Crippen LogP contribution in [0.3, 0.4) is 0 Å². The van der Waals surface area contributed by atoms with Crippen molar-refractivity contribution in [2.75, 3.05) is 13.1 Å². The number of carbonyl (C=O) groups excluding carboxylic acids is 1. The number of aliphatic hydroxyl groups excluding tert-OH is 1. The Labute approximate surface area is 110 Å². The molecular formula is C14H27NO3. The van der Waals surface area contributed by atoms with Gasteiger partial charge in [0.25, 0.3) is 0 Å². The molecule has 1 saturated heterocycles. The fraction of sp³-hybridized carbons (Fsp3) is 0.929. The summed E-state index contributed by atoms with van der Waals surface area (Å²) in [5.41, 5.74) is -0.448. The summed E-state index contributed by atoms with van der Waals surface area (Å²) >= 11 is 0. The Balaban J connectivity index is 2.67. The van der Waals surface area contributed by atoms with Gasteiger partial charge in [-0.2, -0.15) is 0 Å². The molecule has 1 amide bonds. The van der Waals surface area contributed by atoms with Crippen LogP contribution >= 0.6 is 0 Å². The average Bonchev–Trinajstić information content (AvgIpc) is 2.58. The zero-order valence-electron chi connectivity index (χ0n) is 12.5. The van der Waals surface area contributed by atoms with Gasteiger partial charge in [-0.1, -0.05) is 27.2 Å². The quantitative estimate of drug-likeness (QED) is 0.827. The maximum absolute atomic E-state index is 12.0. The number of carbonyl (C=O) groups is 1. The van der Waals surface area contributed by atoms with Crippen molar-refractivity contribution in [2.24, 2.45) is 11.3 Å². The van der Waals surface area contributed by atoms with Crippen molar-refractivity contribution in [3.63, 3.8) is 0 Å². The molecule has 1 rings (SSSR count). The van der Waals surface area contributed by atoms with E-state index in [-0.39, 0.29) is 17.4 Å². The number of likely N-dealkylation sites (tertiary alicyclic amines) is 1. The van der Waals surface area contributed by atoms with Gasteiger partial charge in [0.1, 0.15) is 5.60 Å². The third-order valence-corrected chi connectivity index (χ3v) is 3.86. The molecule has 1 N–H and O–H groups in total. The normalized spacial score (nSPS) is 25.4. The van der Waals surface area contributed by atoms with Crippen molar-refractivity contribution in [3.05, 3.63) is 0 Å². The summed E-state index contributed by atoms with van der Waals surface area (Å²) in [5.74, 6) is 0.120. The van der Waals surface area contributed by atoms with E-state index < -0.39 is 11.7 Å². The molecule has 0 saturated carbocycles. The van der Waals surface area contributed by atoms with Crippen LogP contribution in [0.5, 0.6) is 0 Å². The molecule has 1 heterocycles. The first-order chi connectivity index (χ1) is 8.07. The van der Waals surface area contributed by atoms with Gasteiger partial charge in [0.05, 0.1) is 12.6 Å². The van der Waals surface area contributed by atoms with Gasteiger partial charge in [-0.05, 0) is 26.2 Å². The lowest BCUT2D eigenvalue weighted by Crippen LogP contribution is -2.36. The van der Waals surface area contributed by atoms with Crippen molar-refractivity contribution in [3.8, 4) is 0 Å². The minimum Gasteiger partial charge on any atom is -0.444 e. The van der Waals surface area contributed by atoms with Gasteiger partial charge in [0, 0.05) is 12.5 Å². The van der Waals surface area contributed by atoms with Gasteiger partial charge in [-0.3, -0.25) is 0 Å². The molecule has 0 aromatic carbocycles. The Hall–Kier alpha value is -0.770. The maximum Gasteiger partial charge on any atom is 0.410 e. The molecule has 1 fully saturated rings. The highest BCUT2D eigenvalue weighted by Gasteiger charge is 2.43. The van der Waals surface area contributed by atoms with E-state index in [0.29, 0.717) is 13.1 Å². The minimum atomic E-state index is -0.486. The van der Waals surface area contributed by atoms with E-state index in [1.165, 1.54) is 0 Å². The Morgan fingerprint density at radius 2 is 1.83 bits per heavy atom. The van der Waals surface area contributed by atoms with E-state index in [1.807, 2.05) is 20.8 Å². The summed E-state index contributed by atoms with van der Waals surface area (Å²) < 4.78 is 5.34. The number of nitrogens with zero attached hydrogens (tertiary/aromatic N) is 1. The van der Waals surface area contributed by atoms with Crippen LogP contribution in [0.15, 0.2) is 0 Å². The number of hydrogen-bond acceptors (Lipinski definition) is 3. The molecule has 0 spiro atoms. The van der Waals surface area contributed by atoms with Crippen LogP contribution in [0.1, 0.15) is 48.0 Å². The number of aliphatic hydroxyl groups is 1. The summed E-state index contributed by atoms with van der Waals surface area (Å²) in [5, 5.41) is 10.1. The largest absolute Gasteiger partial charge is 0.444 e. The Bertz CT molecular complexity index is 307. The van der Waals surface area contributed by atoms with Crippen LogP contribution in [0.4, 0.5) is 4.79 Å². The molecule has 0 aliphatic carbocycles. The highest BCUT2D eigenvalue weighted by Crippen LogP contribution is 2.37. The fourth-order valence-electron chi connectivity index (χ4n) is 2.29. The number of β-amino-alcohol motifs (C(OH)–C–C–N with tert-alkyl or cyclic N) is 1. The summed E-state index contributed by atoms with van der Waals surface area (Å²) in [7, 11) is 0. The van der Waals surface area contributed by atoms with Crippen LogP contribution < -0.4 is 0 Å². The molecule has 2 atom stereocenters. The Morgan fingerprint density at radius 3 is 2.28 bits per heavy atom. The molecular weight excluding hydrogens is 230 g/mol. The molecule has 1 aliphatic rings. The molecule has 4 heteroatoms. The molecule has 0 radical (unpaired) electrons. The molecule has 106 valence electrons. The van der Waals surface area contributed by atoms with Crippen LogP contribution in [-0.4, -0.2) is 40.9 Å². The van der Waals surface area contributed by atoms with E-state index in [4.69, 9.17) is 4.74 Å². The SMILES string of the molecule is CCC(C)(C)C1CN(C(=O)OC(C)(C)C)CC1O. The van der Waals surface area contributed by atoms with Crippen molar-refractivity contribution in [2.45, 2.75) is 59.7 Å². The highest BCUT2D eigenvalue weighted by atomic mass is 16.6. The zero-order chi connectivity index (χ0) is 14.1. The molecule has 1 aliphatic heterocycles. The van der Waals surface area contributed by atoms with Crippen molar-refractivity contribution < 1.29 is 14.6 Å². The third kappa shape index (κ3) is 3.61. The van der Waals surface area contributed by atoms with E-state index in [2.05, 4.69) is 20.8 Å². The first kappa shape index (κ1) is 15.3. The zero-order valence-corrected chi connectivity index (χ0v) is 12.5. The standard InChI is InChI=1S/C14H27NO3/c1-7-14(5,6)10-8-15(9-11(10)16)12(17)18-13(2,3)4/h10-11,16H,7-9H2,1-6H3. The fourth-order valence-corrected chi connectivity index (χ4v) is 2.29. The van der Waals surface area contributed by atoms with Crippen molar-refractivity contribution in [1.29, 1.82) is 0 Å². The lowest BCUT2D eigenvalue weighted by molar-refractivity contribution is 0.0269. The van der Waals surface area contributed by atoms with E-state index >= 15 is 0 Å². The molecule has 0 aromatic heterocycles. The first-order valence-electron chi connectivity index (χ1n) is 6.73. The van der Waals surface area contributed by atoms with Crippen LogP contribution in [0.2, 0.25) is 0 Å². The molecule has 0 bridgehead atoms. The molecule has 2 unspecified atom stereocenters. The second-order valence-electron chi connectivity index (χ2n) is 6.90. The molecule has 18 heavy (non-hydrogen) atoms. The van der Waals surface area contributed by atoms with Gasteiger partial charge in [-0.15, -0.1) is 0 Å². The number of rotatable bonds is 2. The average molecular weight is 257 g/mol. The number of ether oxygens (including phenoxy) is 1. The second-order valence-corrected chi connectivity index (χ2v) is 6.90. The van der Waals surface area contributed by atoms with E-state index in [0.717, 1.165) is 6.42 Å². The van der Waals surface area contributed by atoms with Gasteiger partial charge >= 0.3 is 6.09 Å². The number of amides is 1. The summed E-state index contributed by atoms with van der Waals surface area (Å²) in [6, 6.07) is 0. The summed E-state index contributed by atoms with van der Waals surface area (Å²) in [4.78, 5) is 13.6. The number of hydrogen-bond donors (Lipinski definition) is 1. The molecule has 0 aromatic rings.